The summed E-state index contributed by atoms with van der Waals surface area (Å²) in [4.78, 5) is 52.1. The fourth-order valence-electron chi connectivity index (χ4n) is 6.70. The van der Waals surface area contributed by atoms with Crippen LogP contribution in [-0.4, -0.2) is 64.8 Å². The molecule has 2 fully saturated rings. The lowest BCUT2D eigenvalue weighted by molar-refractivity contribution is -0.137. The van der Waals surface area contributed by atoms with Gasteiger partial charge in [0.1, 0.15) is 5.69 Å². The van der Waals surface area contributed by atoms with Crippen molar-refractivity contribution in [2.45, 2.75) is 64.3 Å². The Morgan fingerprint density at radius 3 is 2.38 bits per heavy atom. The van der Waals surface area contributed by atoms with Crippen molar-refractivity contribution < 1.29 is 27.6 Å². The third-order valence-electron chi connectivity index (χ3n) is 9.40. The normalized spacial score (nSPS) is 15.6. The lowest BCUT2D eigenvalue weighted by Gasteiger charge is -2.31. The number of benzene rings is 2. The van der Waals surface area contributed by atoms with Gasteiger partial charge in [-0.05, 0) is 92.3 Å². The maximum absolute atomic E-state index is 13.7. The minimum atomic E-state index is -4.48. The molecule has 3 amide bonds. The van der Waals surface area contributed by atoms with Crippen molar-refractivity contribution in [3.8, 4) is 11.3 Å². The maximum atomic E-state index is 13.7. The average molecular weight is 714 g/mol. The standard InChI is InChI=1S/C39H42F3N7O3/c1-26(50)45-30-14-19-48(20-15-30)25-31-9-6-10-35(46-31)38(52)47-34-12-11-32(49-17-3-2-4-18-49)23-33(34)36-22-28(13-16-43-36)37(51)44-24-27-7-5-8-29(21-27)39(40,41)42/h5-13,16,21-23,30H,2-4,14-15,17-20,24-25H2,1H3,(H,44,51)(H,45,50)(H,47,52). The second kappa shape index (κ2) is 16.4. The Morgan fingerprint density at radius 2 is 1.63 bits per heavy atom. The molecule has 272 valence electrons. The predicted octanol–water partition coefficient (Wildman–Crippen LogP) is 6.44. The van der Waals surface area contributed by atoms with Gasteiger partial charge in [-0.15, -0.1) is 0 Å². The number of carbonyl (C=O) groups excluding carboxylic acids is 3. The van der Waals surface area contributed by atoms with Crippen LogP contribution in [0.1, 0.15) is 76.7 Å². The second-order valence-corrected chi connectivity index (χ2v) is 13.3. The van der Waals surface area contributed by atoms with Gasteiger partial charge in [-0.25, -0.2) is 4.98 Å². The highest BCUT2D eigenvalue weighted by atomic mass is 19.4. The monoisotopic (exact) mass is 713 g/mol. The Bertz CT molecular complexity index is 1900. The summed E-state index contributed by atoms with van der Waals surface area (Å²) >= 11 is 0. The van der Waals surface area contributed by atoms with E-state index in [2.05, 4.69) is 35.7 Å². The third kappa shape index (κ3) is 9.52. The zero-order valence-corrected chi connectivity index (χ0v) is 29.0. The van der Waals surface area contributed by atoms with Crippen molar-refractivity contribution >= 4 is 29.1 Å². The number of amides is 3. The Balaban J connectivity index is 1.19. The Kier molecular flexibility index (Phi) is 11.5. The van der Waals surface area contributed by atoms with Gasteiger partial charge in [0, 0.05) is 75.2 Å². The van der Waals surface area contributed by atoms with E-state index in [-0.39, 0.29) is 29.8 Å². The molecular formula is C39H42F3N7O3. The van der Waals surface area contributed by atoms with Crippen LogP contribution in [0.2, 0.25) is 0 Å². The SMILES string of the molecule is CC(=O)NC1CCN(Cc2cccc(C(=O)Nc3ccc(N4CCCCC4)cc3-c3cc(C(=O)NCc4cccc(C(F)(F)F)c4)ccn3)n2)CC1. The van der Waals surface area contributed by atoms with Gasteiger partial charge in [-0.1, -0.05) is 18.2 Å². The molecule has 2 aliphatic heterocycles. The molecule has 2 aliphatic rings. The number of piperidine rings is 2. The van der Waals surface area contributed by atoms with E-state index >= 15 is 0 Å². The fourth-order valence-corrected chi connectivity index (χ4v) is 6.70. The molecule has 2 saturated heterocycles. The van der Waals surface area contributed by atoms with Gasteiger partial charge in [0.15, 0.2) is 0 Å². The number of halogens is 3. The van der Waals surface area contributed by atoms with Gasteiger partial charge >= 0.3 is 6.18 Å². The van der Waals surface area contributed by atoms with E-state index in [9.17, 15) is 27.6 Å². The maximum Gasteiger partial charge on any atom is 0.416 e. The van der Waals surface area contributed by atoms with Gasteiger partial charge < -0.3 is 20.9 Å². The van der Waals surface area contributed by atoms with Crippen LogP contribution in [-0.2, 0) is 24.1 Å². The van der Waals surface area contributed by atoms with Gasteiger partial charge in [-0.3, -0.25) is 24.3 Å². The number of carbonyl (C=O) groups is 3. The van der Waals surface area contributed by atoms with Gasteiger partial charge in [-0.2, -0.15) is 13.2 Å². The number of hydrogen-bond donors (Lipinski definition) is 3. The number of nitrogens with zero attached hydrogens (tertiary/aromatic N) is 4. The summed E-state index contributed by atoms with van der Waals surface area (Å²) in [5.74, 6) is -0.892. The first-order chi connectivity index (χ1) is 25.0. The van der Waals surface area contributed by atoms with E-state index in [1.54, 1.807) is 12.1 Å². The van der Waals surface area contributed by atoms with Crippen LogP contribution in [0.4, 0.5) is 24.5 Å². The molecule has 2 aromatic carbocycles. The molecule has 2 aromatic heterocycles. The number of rotatable bonds is 10. The topological polar surface area (TPSA) is 120 Å². The first-order valence-electron chi connectivity index (χ1n) is 17.6. The average Bonchev–Trinajstić information content (AvgIpc) is 3.15. The molecule has 10 nitrogen and oxygen atoms in total. The molecule has 0 spiro atoms. The zero-order chi connectivity index (χ0) is 36.7. The second-order valence-electron chi connectivity index (χ2n) is 13.3. The number of likely N-dealkylation sites (tertiary alicyclic amines) is 1. The van der Waals surface area contributed by atoms with E-state index in [1.165, 1.54) is 31.3 Å². The lowest BCUT2D eigenvalue weighted by atomic mass is 10.0. The number of alkyl halides is 3. The lowest BCUT2D eigenvalue weighted by Crippen LogP contribution is -2.43. The van der Waals surface area contributed by atoms with Gasteiger partial charge in [0.05, 0.1) is 22.6 Å². The summed E-state index contributed by atoms with van der Waals surface area (Å²) in [6.45, 7) is 5.44. The van der Waals surface area contributed by atoms with Crippen LogP contribution in [0, 0.1) is 0 Å². The van der Waals surface area contributed by atoms with Gasteiger partial charge in [0.25, 0.3) is 11.8 Å². The van der Waals surface area contributed by atoms with Gasteiger partial charge in [0.2, 0.25) is 5.91 Å². The van der Waals surface area contributed by atoms with Crippen LogP contribution >= 0.6 is 0 Å². The Morgan fingerprint density at radius 1 is 0.865 bits per heavy atom. The van der Waals surface area contributed by atoms with Crippen LogP contribution in [0.5, 0.6) is 0 Å². The van der Waals surface area contributed by atoms with E-state index in [0.29, 0.717) is 29.1 Å². The number of nitrogens with one attached hydrogen (secondary N) is 3. The van der Waals surface area contributed by atoms with Crippen molar-refractivity contribution in [3.63, 3.8) is 0 Å². The number of hydrogen-bond acceptors (Lipinski definition) is 7. The van der Waals surface area contributed by atoms with Crippen LogP contribution < -0.4 is 20.9 Å². The first-order valence-corrected chi connectivity index (χ1v) is 17.6. The minimum Gasteiger partial charge on any atom is -0.372 e. The molecule has 0 radical (unpaired) electrons. The highest BCUT2D eigenvalue weighted by Gasteiger charge is 2.30. The molecule has 0 saturated carbocycles. The number of aromatic nitrogens is 2. The van der Waals surface area contributed by atoms with Crippen molar-refractivity contribution in [1.29, 1.82) is 0 Å². The van der Waals surface area contributed by atoms with E-state index in [4.69, 9.17) is 0 Å². The smallest absolute Gasteiger partial charge is 0.372 e. The fraction of sp³-hybridized carbons (Fsp3) is 0.359. The third-order valence-corrected chi connectivity index (χ3v) is 9.40. The Hall–Kier alpha value is -5.30. The number of pyridine rings is 2. The van der Waals surface area contributed by atoms with Crippen molar-refractivity contribution in [3.05, 3.63) is 107 Å². The zero-order valence-electron chi connectivity index (χ0n) is 29.0. The van der Waals surface area contributed by atoms with Crippen LogP contribution in [0.25, 0.3) is 11.3 Å². The summed E-state index contributed by atoms with van der Waals surface area (Å²) in [7, 11) is 0. The van der Waals surface area contributed by atoms with Crippen molar-refractivity contribution in [1.82, 2.24) is 25.5 Å². The Labute approximate surface area is 300 Å². The molecule has 6 rings (SSSR count). The van der Waals surface area contributed by atoms with Crippen LogP contribution in [0.3, 0.4) is 0 Å². The van der Waals surface area contributed by atoms with E-state index in [1.807, 2.05) is 30.3 Å². The summed E-state index contributed by atoms with van der Waals surface area (Å²) < 4.78 is 39.6. The minimum absolute atomic E-state index is 0.0235. The molecule has 3 N–H and O–H groups in total. The summed E-state index contributed by atoms with van der Waals surface area (Å²) in [6, 6.07) is 19.3. The molecule has 0 aliphatic carbocycles. The highest BCUT2D eigenvalue weighted by Crippen LogP contribution is 2.33. The highest BCUT2D eigenvalue weighted by molar-refractivity contribution is 6.05. The first kappa shape index (κ1) is 36.5. The molecule has 13 heteroatoms. The molecular weight excluding hydrogens is 671 g/mol. The number of anilines is 2. The van der Waals surface area contributed by atoms with Crippen molar-refractivity contribution in [2.75, 3.05) is 36.4 Å². The van der Waals surface area contributed by atoms with E-state index in [0.717, 1.165) is 81.8 Å². The van der Waals surface area contributed by atoms with Crippen LogP contribution in [0.15, 0.2) is 79.0 Å². The molecule has 4 heterocycles. The van der Waals surface area contributed by atoms with Crippen molar-refractivity contribution in [2.24, 2.45) is 0 Å². The predicted molar refractivity (Wildman–Crippen MR) is 193 cm³/mol. The summed E-state index contributed by atoms with van der Waals surface area (Å²) in [5, 5.41) is 8.71. The molecule has 0 atom stereocenters. The van der Waals surface area contributed by atoms with E-state index < -0.39 is 23.6 Å². The largest absolute Gasteiger partial charge is 0.416 e. The molecule has 4 aromatic rings. The summed E-state index contributed by atoms with van der Waals surface area (Å²) in [5.41, 5.74) is 3.35. The quantitative estimate of drug-likeness (QED) is 0.173. The summed E-state index contributed by atoms with van der Waals surface area (Å²) in [6.07, 6.45) is 2.02. The molecule has 0 unspecified atom stereocenters. The molecule has 52 heavy (non-hydrogen) atoms. The molecule has 0 bridgehead atoms.